The summed E-state index contributed by atoms with van der Waals surface area (Å²) in [7, 11) is 1.58. The topological polar surface area (TPSA) is 99.3 Å². The van der Waals surface area contributed by atoms with E-state index < -0.39 is 10.8 Å². The van der Waals surface area contributed by atoms with Crippen LogP contribution in [0.4, 0.5) is 10.8 Å². The molecule has 124 valence electrons. The molecule has 0 aliphatic rings. The van der Waals surface area contributed by atoms with Crippen molar-refractivity contribution in [3.8, 4) is 5.75 Å². The Bertz CT molecular complexity index is 931. The van der Waals surface area contributed by atoms with Gasteiger partial charge in [-0.1, -0.05) is 11.3 Å². The highest BCUT2D eigenvalue weighted by molar-refractivity contribution is 7.22. The summed E-state index contributed by atoms with van der Waals surface area (Å²) in [5.41, 5.74) is 0.806. The highest BCUT2D eigenvalue weighted by Crippen LogP contribution is 2.29. The molecule has 9 heteroatoms. The summed E-state index contributed by atoms with van der Waals surface area (Å²) in [5.74, 6) is 0.291. The Balaban J connectivity index is 1.84. The molecule has 1 aromatic carbocycles. The summed E-state index contributed by atoms with van der Waals surface area (Å²) in [5, 5.41) is 13.9. The van der Waals surface area contributed by atoms with Crippen LogP contribution in [0.15, 0.2) is 30.5 Å². The van der Waals surface area contributed by atoms with Gasteiger partial charge in [-0.3, -0.25) is 20.2 Å². The molecule has 0 saturated heterocycles. The largest absolute Gasteiger partial charge is 0.494 e. The van der Waals surface area contributed by atoms with Crippen LogP contribution in [0.2, 0.25) is 0 Å². The molecule has 0 saturated carbocycles. The van der Waals surface area contributed by atoms with Crippen molar-refractivity contribution in [2.75, 3.05) is 11.9 Å². The molecule has 0 spiro atoms. The average Bonchev–Trinajstić information content (AvgIpc) is 3.10. The van der Waals surface area contributed by atoms with Crippen molar-refractivity contribution < 1.29 is 14.5 Å². The van der Waals surface area contributed by atoms with Gasteiger partial charge in [-0.25, -0.2) is 4.98 Å². The third-order valence-corrected chi connectivity index (χ3v) is 4.26. The monoisotopic (exact) mass is 346 g/mol. The van der Waals surface area contributed by atoms with E-state index in [1.807, 2.05) is 25.1 Å². The van der Waals surface area contributed by atoms with Crippen LogP contribution in [0, 0.1) is 10.1 Å². The smallest absolute Gasteiger partial charge is 0.287 e. The number of ether oxygens (including phenoxy) is 1. The lowest BCUT2D eigenvalue weighted by molar-refractivity contribution is -0.384. The molecule has 0 bridgehead atoms. The second kappa shape index (κ2) is 6.28. The van der Waals surface area contributed by atoms with E-state index >= 15 is 0 Å². The number of hydrogen-bond acceptors (Lipinski definition) is 6. The van der Waals surface area contributed by atoms with Crippen molar-refractivity contribution in [1.82, 2.24) is 9.55 Å². The highest BCUT2D eigenvalue weighted by Gasteiger charge is 2.18. The number of benzene rings is 1. The molecule has 3 rings (SSSR count). The first-order valence-corrected chi connectivity index (χ1v) is 7.95. The summed E-state index contributed by atoms with van der Waals surface area (Å²) >= 11 is 1.31. The first-order valence-electron chi connectivity index (χ1n) is 7.13. The van der Waals surface area contributed by atoms with Gasteiger partial charge in [0.2, 0.25) is 0 Å². The number of rotatable bonds is 5. The van der Waals surface area contributed by atoms with E-state index in [-0.39, 0.29) is 11.4 Å². The van der Waals surface area contributed by atoms with Gasteiger partial charge in [-0.2, -0.15) is 0 Å². The third-order valence-electron chi connectivity index (χ3n) is 3.33. The summed E-state index contributed by atoms with van der Waals surface area (Å²) < 4.78 is 7.73. The van der Waals surface area contributed by atoms with Gasteiger partial charge in [0, 0.05) is 13.1 Å². The number of fused-ring (bicyclic) bond motifs is 1. The van der Waals surface area contributed by atoms with Crippen LogP contribution in [0.3, 0.4) is 0 Å². The highest BCUT2D eigenvalue weighted by atomic mass is 32.1. The lowest BCUT2D eigenvalue weighted by Gasteiger charge is -2.01. The van der Waals surface area contributed by atoms with Crippen LogP contribution < -0.4 is 10.1 Å². The number of hydrogen-bond donors (Lipinski definition) is 1. The number of aryl methyl sites for hydroxylation is 1. The fourth-order valence-corrected chi connectivity index (χ4v) is 3.14. The molecule has 8 nitrogen and oxygen atoms in total. The Labute approximate surface area is 140 Å². The van der Waals surface area contributed by atoms with E-state index in [1.54, 1.807) is 7.05 Å². The summed E-state index contributed by atoms with van der Waals surface area (Å²) in [6, 6.07) is 6.73. The molecule has 0 unspecified atom stereocenters. The van der Waals surface area contributed by atoms with Gasteiger partial charge in [0.25, 0.3) is 11.6 Å². The van der Waals surface area contributed by atoms with Gasteiger partial charge >= 0.3 is 0 Å². The quantitative estimate of drug-likeness (QED) is 0.565. The van der Waals surface area contributed by atoms with Crippen LogP contribution in [0.5, 0.6) is 5.75 Å². The Morgan fingerprint density at radius 2 is 2.25 bits per heavy atom. The van der Waals surface area contributed by atoms with Gasteiger partial charge in [0.1, 0.15) is 11.4 Å². The van der Waals surface area contributed by atoms with Crippen LogP contribution >= 0.6 is 11.3 Å². The third kappa shape index (κ3) is 3.06. The van der Waals surface area contributed by atoms with Crippen LogP contribution in [-0.2, 0) is 7.05 Å². The maximum Gasteiger partial charge on any atom is 0.287 e. The van der Waals surface area contributed by atoms with Crippen molar-refractivity contribution in [1.29, 1.82) is 0 Å². The Kier molecular flexibility index (Phi) is 4.17. The van der Waals surface area contributed by atoms with Gasteiger partial charge < -0.3 is 9.30 Å². The molecule has 0 aliphatic carbocycles. The van der Waals surface area contributed by atoms with Crippen molar-refractivity contribution >= 4 is 38.3 Å². The van der Waals surface area contributed by atoms with E-state index in [1.165, 1.54) is 28.2 Å². The van der Waals surface area contributed by atoms with E-state index in [2.05, 4.69) is 10.3 Å². The molecule has 24 heavy (non-hydrogen) atoms. The predicted octanol–water partition coefficient (Wildman–Crippen LogP) is 3.19. The molecule has 0 aliphatic heterocycles. The zero-order valence-corrected chi connectivity index (χ0v) is 13.8. The predicted molar refractivity (Wildman–Crippen MR) is 90.8 cm³/mol. The number of carbonyl (C=O) groups is 1. The maximum absolute atomic E-state index is 12.3. The Morgan fingerprint density at radius 3 is 2.92 bits per heavy atom. The van der Waals surface area contributed by atoms with Crippen LogP contribution in [0.25, 0.3) is 10.2 Å². The van der Waals surface area contributed by atoms with Crippen LogP contribution in [0.1, 0.15) is 17.4 Å². The first kappa shape index (κ1) is 15.9. The van der Waals surface area contributed by atoms with E-state index in [0.29, 0.717) is 11.7 Å². The summed E-state index contributed by atoms with van der Waals surface area (Å²) in [6.07, 6.45) is 1.29. The molecule has 1 N–H and O–H groups in total. The lowest BCUT2D eigenvalue weighted by atomic mass is 10.3. The van der Waals surface area contributed by atoms with Crippen molar-refractivity contribution in [3.63, 3.8) is 0 Å². The zero-order chi connectivity index (χ0) is 17.3. The van der Waals surface area contributed by atoms with Gasteiger partial charge in [-0.05, 0) is 25.1 Å². The minimum Gasteiger partial charge on any atom is -0.494 e. The molecule has 0 fully saturated rings. The molecule has 3 aromatic rings. The second-order valence-electron chi connectivity index (χ2n) is 4.99. The van der Waals surface area contributed by atoms with Gasteiger partial charge in [0.05, 0.1) is 27.9 Å². The number of nitrogens with zero attached hydrogens (tertiary/aromatic N) is 3. The van der Waals surface area contributed by atoms with Gasteiger partial charge in [-0.15, -0.1) is 0 Å². The Hall–Kier alpha value is -2.94. The second-order valence-corrected chi connectivity index (χ2v) is 6.02. The molecule has 1 amide bonds. The van der Waals surface area contributed by atoms with Gasteiger partial charge in [0.15, 0.2) is 5.13 Å². The maximum atomic E-state index is 12.3. The summed E-state index contributed by atoms with van der Waals surface area (Å²) in [6.45, 7) is 2.47. The van der Waals surface area contributed by atoms with Crippen LogP contribution in [-0.4, -0.2) is 27.0 Å². The van der Waals surface area contributed by atoms with E-state index in [0.717, 1.165) is 16.0 Å². The van der Waals surface area contributed by atoms with Crippen molar-refractivity contribution in [3.05, 3.63) is 46.3 Å². The summed E-state index contributed by atoms with van der Waals surface area (Å²) in [4.78, 5) is 26.9. The number of thiazole rings is 1. The minimum absolute atomic E-state index is 0.131. The fraction of sp³-hybridized carbons (Fsp3) is 0.200. The lowest BCUT2D eigenvalue weighted by Crippen LogP contribution is -2.15. The zero-order valence-electron chi connectivity index (χ0n) is 13.0. The Morgan fingerprint density at radius 1 is 1.46 bits per heavy atom. The standard InChI is InChI=1S/C15H14N4O4S/c1-3-23-10-4-5-11-13(7-10)24-15(16-11)17-14(20)12-6-9(19(21)22)8-18(12)2/h4-8H,3H2,1-2H3,(H,16,17,20). The van der Waals surface area contributed by atoms with Crippen molar-refractivity contribution in [2.24, 2.45) is 7.05 Å². The molecule has 0 atom stereocenters. The molecule has 2 aromatic heterocycles. The first-order chi connectivity index (χ1) is 11.5. The normalized spacial score (nSPS) is 10.8. The van der Waals surface area contributed by atoms with Crippen molar-refractivity contribution in [2.45, 2.75) is 6.92 Å². The molecule has 2 heterocycles. The number of carbonyl (C=O) groups excluding carboxylic acids is 1. The molecule has 0 radical (unpaired) electrons. The number of aromatic nitrogens is 2. The minimum atomic E-state index is -0.538. The number of nitro groups is 1. The molecular formula is C15H14N4O4S. The number of nitrogens with one attached hydrogen (secondary N) is 1. The number of amides is 1. The average molecular weight is 346 g/mol. The van der Waals surface area contributed by atoms with E-state index in [9.17, 15) is 14.9 Å². The fourth-order valence-electron chi connectivity index (χ4n) is 2.25. The number of anilines is 1. The molecular weight excluding hydrogens is 332 g/mol. The SMILES string of the molecule is CCOc1ccc2nc(NC(=O)c3cc([N+](=O)[O-])cn3C)sc2c1. The van der Waals surface area contributed by atoms with E-state index in [4.69, 9.17) is 4.74 Å².